The van der Waals surface area contributed by atoms with E-state index in [0.29, 0.717) is 5.56 Å². The normalized spacial score (nSPS) is 13.2. The third kappa shape index (κ3) is 3.94. The molecule has 7 nitrogen and oxygen atoms in total. The van der Waals surface area contributed by atoms with Crippen molar-refractivity contribution in [3.63, 3.8) is 0 Å². The summed E-state index contributed by atoms with van der Waals surface area (Å²) in [6.07, 6.45) is 3.69. The van der Waals surface area contributed by atoms with Gasteiger partial charge in [0.05, 0.1) is 0 Å². The van der Waals surface area contributed by atoms with Crippen LogP contribution in [0.5, 0.6) is 0 Å². The van der Waals surface area contributed by atoms with E-state index in [1.807, 2.05) is 36.4 Å². The molecule has 29 heavy (non-hydrogen) atoms. The van der Waals surface area contributed by atoms with E-state index in [1.165, 1.54) is 18.7 Å². The second-order valence-corrected chi connectivity index (χ2v) is 6.81. The van der Waals surface area contributed by atoms with Crippen LogP contribution in [-0.2, 0) is 16.0 Å². The molecular formula is C22H19N3O4. The molecule has 1 amide bonds. The van der Waals surface area contributed by atoms with E-state index < -0.39 is 18.1 Å². The van der Waals surface area contributed by atoms with Gasteiger partial charge in [0.2, 0.25) is 0 Å². The van der Waals surface area contributed by atoms with E-state index >= 15 is 0 Å². The molecule has 3 aromatic rings. The lowest BCUT2D eigenvalue weighted by atomic mass is 9.98. The Balaban J connectivity index is 1.43. The summed E-state index contributed by atoms with van der Waals surface area (Å²) in [5.41, 5.74) is 5.06. The third-order valence-corrected chi connectivity index (χ3v) is 4.99. The lowest BCUT2D eigenvalue weighted by Crippen LogP contribution is -2.43. The largest absolute Gasteiger partial charge is 0.480 e. The molecular weight excluding hydrogens is 370 g/mol. The van der Waals surface area contributed by atoms with Crippen LogP contribution in [0.1, 0.15) is 22.6 Å². The molecule has 0 radical (unpaired) electrons. The van der Waals surface area contributed by atoms with Crippen molar-refractivity contribution in [3.05, 3.63) is 83.9 Å². The van der Waals surface area contributed by atoms with Gasteiger partial charge < -0.3 is 15.2 Å². The number of alkyl carbamates (subject to hydrolysis) is 1. The average molecular weight is 389 g/mol. The number of carboxylic acids is 1. The average Bonchev–Trinajstić information content (AvgIpc) is 3.06. The van der Waals surface area contributed by atoms with Gasteiger partial charge in [-0.3, -0.25) is 0 Å². The Morgan fingerprint density at radius 2 is 1.59 bits per heavy atom. The predicted molar refractivity (Wildman–Crippen MR) is 105 cm³/mol. The van der Waals surface area contributed by atoms with Crippen LogP contribution in [0.25, 0.3) is 11.1 Å². The zero-order chi connectivity index (χ0) is 20.2. The number of carbonyl (C=O) groups excluding carboxylic acids is 1. The number of aromatic nitrogens is 2. The van der Waals surface area contributed by atoms with Crippen LogP contribution in [0.15, 0.2) is 67.3 Å². The van der Waals surface area contributed by atoms with Gasteiger partial charge in [0.15, 0.2) is 0 Å². The second-order valence-electron chi connectivity index (χ2n) is 6.81. The van der Waals surface area contributed by atoms with Crippen LogP contribution in [0.2, 0.25) is 0 Å². The van der Waals surface area contributed by atoms with Gasteiger partial charge in [0, 0.05) is 24.7 Å². The first-order chi connectivity index (χ1) is 14.1. The highest BCUT2D eigenvalue weighted by molar-refractivity contribution is 5.81. The Morgan fingerprint density at radius 1 is 1.00 bits per heavy atom. The summed E-state index contributed by atoms with van der Waals surface area (Å²) in [4.78, 5) is 31.5. The molecule has 0 spiro atoms. The quantitative estimate of drug-likeness (QED) is 0.672. The van der Waals surface area contributed by atoms with Crippen LogP contribution in [0, 0.1) is 0 Å². The van der Waals surface area contributed by atoms with Gasteiger partial charge in [-0.05, 0) is 27.8 Å². The van der Waals surface area contributed by atoms with Gasteiger partial charge in [0.25, 0.3) is 0 Å². The van der Waals surface area contributed by atoms with Gasteiger partial charge in [0.1, 0.15) is 19.0 Å². The maximum atomic E-state index is 12.3. The van der Waals surface area contributed by atoms with E-state index in [1.54, 1.807) is 0 Å². The molecule has 0 aliphatic heterocycles. The number of carbonyl (C=O) groups is 2. The molecule has 0 fully saturated rings. The number of carboxylic acid groups (broad SMARTS) is 1. The molecule has 1 aliphatic carbocycles. The van der Waals surface area contributed by atoms with Gasteiger partial charge in [-0.25, -0.2) is 19.6 Å². The zero-order valence-electron chi connectivity index (χ0n) is 15.5. The van der Waals surface area contributed by atoms with Crippen LogP contribution < -0.4 is 5.32 Å². The molecule has 1 atom stereocenters. The third-order valence-electron chi connectivity index (χ3n) is 4.99. The maximum Gasteiger partial charge on any atom is 0.407 e. The molecule has 2 aromatic carbocycles. The lowest BCUT2D eigenvalue weighted by Gasteiger charge is -2.17. The number of aliphatic carboxylic acids is 1. The van der Waals surface area contributed by atoms with E-state index in [9.17, 15) is 14.7 Å². The number of nitrogens with zero attached hydrogens (tertiary/aromatic N) is 2. The molecule has 0 saturated carbocycles. The molecule has 1 heterocycles. The summed E-state index contributed by atoms with van der Waals surface area (Å²) < 4.78 is 5.41. The summed E-state index contributed by atoms with van der Waals surface area (Å²) in [5.74, 6) is -1.23. The first-order valence-corrected chi connectivity index (χ1v) is 9.21. The van der Waals surface area contributed by atoms with E-state index in [0.717, 1.165) is 22.3 Å². The Labute approximate surface area is 167 Å². The standard InChI is InChI=1S/C22H19N3O4/c26-21(27)20(9-14-10-23-13-24-11-14)25-22(28)29-12-19-17-7-3-1-5-15(17)16-6-2-4-8-18(16)19/h1-8,10-11,13,19-20H,9,12H2,(H,25,28)(H,26,27). The fraction of sp³-hybridized carbons (Fsp3) is 0.182. The Bertz CT molecular complexity index is 993. The molecule has 0 saturated heterocycles. The highest BCUT2D eigenvalue weighted by Crippen LogP contribution is 2.44. The van der Waals surface area contributed by atoms with E-state index in [2.05, 4.69) is 27.4 Å². The number of benzene rings is 2. The minimum absolute atomic E-state index is 0.0698. The topological polar surface area (TPSA) is 101 Å². The molecule has 1 aliphatic rings. The molecule has 0 bridgehead atoms. The monoisotopic (exact) mass is 389 g/mol. The number of hydrogen-bond donors (Lipinski definition) is 2. The number of amides is 1. The van der Waals surface area contributed by atoms with Crippen molar-refractivity contribution in [2.24, 2.45) is 0 Å². The number of nitrogens with one attached hydrogen (secondary N) is 1. The van der Waals surface area contributed by atoms with Crippen molar-refractivity contribution in [3.8, 4) is 11.1 Å². The minimum Gasteiger partial charge on any atom is -0.480 e. The van der Waals surface area contributed by atoms with Crippen molar-refractivity contribution >= 4 is 12.1 Å². The summed E-state index contributed by atoms with van der Waals surface area (Å²) >= 11 is 0. The molecule has 146 valence electrons. The highest BCUT2D eigenvalue weighted by atomic mass is 16.5. The van der Waals surface area contributed by atoms with Crippen LogP contribution in [0.3, 0.4) is 0 Å². The smallest absolute Gasteiger partial charge is 0.407 e. The summed E-state index contributed by atoms with van der Waals surface area (Å²) in [5, 5.41) is 11.8. The summed E-state index contributed by atoms with van der Waals surface area (Å²) in [7, 11) is 0. The summed E-state index contributed by atoms with van der Waals surface area (Å²) in [6.45, 7) is 0.126. The van der Waals surface area contributed by atoms with Crippen LogP contribution in [0.4, 0.5) is 4.79 Å². The van der Waals surface area contributed by atoms with Gasteiger partial charge in [-0.2, -0.15) is 0 Å². The molecule has 4 rings (SSSR count). The Hall–Kier alpha value is -3.74. The molecule has 7 heteroatoms. The van der Waals surface area contributed by atoms with Crippen molar-refractivity contribution in [1.29, 1.82) is 0 Å². The molecule has 1 unspecified atom stereocenters. The highest BCUT2D eigenvalue weighted by Gasteiger charge is 2.29. The number of fused-ring (bicyclic) bond motifs is 3. The second kappa shape index (κ2) is 8.10. The SMILES string of the molecule is O=C(NC(Cc1cncnc1)C(=O)O)OCC1c2ccccc2-c2ccccc21. The van der Waals surface area contributed by atoms with Gasteiger partial charge in [-0.1, -0.05) is 48.5 Å². The van der Waals surface area contributed by atoms with Crippen molar-refractivity contribution in [2.45, 2.75) is 18.4 Å². The van der Waals surface area contributed by atoms with Gasteiger partial charge >= 0.3 is 12.1 Å². The fourth-order valence-electron chi connectivity index (χ4n) is 3.65. The van der Waals surface area contributed by atoms with Gasteiger partial charge in [-0.15, -0.1) is 0 Å². The zero-order valence-corrected chi connectivity index (χ0v) is 15.5. The molecule has 1 aromatic heterocycles. The minimum atomic E-state index is -1.15. The maximum absolute atomic E-state index is 12.3. The lowest BCUT2D eigenvalue weighted by molar-refractivity contribution is -0.139. The van der Waals surface area contributed by atoms with E-state index in [-0.39, 0.29) is 18.9 Å². The van der Waals surface area contributed by atoms with Crippen molar-refractivity contribution in [2.75, 3.05) is 6.61 Å². The Kier molecular flexibility index (Phi) is 5.20. The van der Waals surface area contributed by atoms with Crippen molar-refractivity contribution < 1.29 is 19.4 Å². The first-order valence-electron chi connectivity index (χ1n) is 9.21. The molecule has 2 N–H and O–H groups in total. The first kappa shape index (κ1) is 18.6. The van der Waals surface area contributed by atoms with Crippen LogP contribution >= 0.6 is 0 Å². The predicted octanol–water partition coefficient (Wildman–Crippen LogP) is 3.01. The summed E-state index contributed by atoms with van der Waals surface area (Å²) in [6, 6.07) is 14.9. The fourth-order valence-corrected chi connectivity index (χ4v) is 3.65. The number of ether oxygens (including phenoxy) is 1. The number of rotatable bonds is 6. The number of hydrogen-bond acceptors (Lipinski definition) is 5. The van der Waals surface area contributed by atoms with Crippen LogP contribution in [-0.4, -0.2) is 39.8 Å². The van der Waals surface area contributed by atoms with Crippen molar-refractivity contribution in [1.82, 2.24) is 15.3 Å². The Morgan fingerprint density at radius 3 is 2.17 bits per heavy atom. The van der Waals surface area contributed by atoms with E-state index in [4.69, 9.17) is 4.74 Å².